The molecule has 2 aliphatic rings. The summed E-state index contributed by atoms with van der Waals surface area (Å²) in [5, 5.41) is 9.28. The van der Waals surface area contributed by atoms with Crippen LogP contribution in [0.4, 0.5) is 0 Å². The fourth-order valence-electron chi connectivity index (χ4n) is 4.26. The van der Waals surface area contributed by atoms with E-state index >= 15 is 0 Å². The summed E-state index contributed by atoms with van der Waals surface area (Å²) in [5.41, 5.74) is 2.73. The van der Waals surface area contributed by atoms with Gasteiger partial charge in [-0.1, -0.05) is 17.7 Å². The van der Waals surface area contributed by atoms with Gasteiger partial charge in [0.1, 0.15) is 6.04 Å². The highest BCUT2D eigenvalue weighted by molar-refractivity contribution is 5.96. The number of rotatable bonds is 3. The molecular weight excluding hydrogens is 344 g/mol. The van der Waals surface area contributed by atoms with Gasteiger partial charge in [-0.3, -0.25) is 9.59 Å². The molecule has 2 saturated heterocycles. The number of piperidine rings is 2. The monoisotopic (exact) mass is 372 g/mol. The number of nitrogens with zero attached hydrogens (tertiary/aromatic N) is 2. The first-order chi connectivity index (χ1) is 12.7. The molecule has 2 fully saturated rings. The minimum Gasteiger partial charge on any atom is -0.480 e. The molecule has 0 bridgehead atoms. The van der Waals surface area contributed by atoms with E-state index < -0.39 is 12.0 Å². The smallest absolute Gasteiger partial charge is 0.326 e. The number of hydrogen-bond donors (Lipinski definition) is 1. The number of carboxylic acid groups (broad SMARTS) is 1. The van der Waals surface area contributed by atoms with Gasteiger partial charge in [0.05, 0.1) is 0 Å². The Morgan fingerprint density at radius 3 is 2.44 bits per heavy atom. The van der Waals surface area contributed by atoms with Crippen LogP contribution in [0.15, 0.2) is 18.2 Å². The van der Waals surface area contributed by atoms with E-state index in [1.54, 1.807) is 6.92 Å². The number of amides is 2. The largest absolute Gasteiger partial charge is 0.480 e. The summed E-state index contributed by atoms with van der Waals surface area (Å²) in [6.07, 6.45) is 2.78. The van der Waals surface area contributed by atoms with Gasteiger partial charge >= 0.3 is 5.97 Å². The lowest BCUT2D eigenvalue weighted by Gasteiger charge is -2.48. The summed E-state index contributed by atoms with van der Waals surface area (Å²) in [7, 11) is 0. The molecule has 0 aromatic heterocycles. The number of carbonyl (C=O) groups is 3. The van der Waals surface area contributed by atoms with Crippen LogP contribution in [0.3, 0.4) is 0 Å². The number of likely N-dealkylation sites (tertiary alicyclic amines) is 2. The van der Waals surface area contributed by atoms with Crippen molar-refractivity contribution < 1.29 is 19.5 Å². The maximum Gasteiger partial charge on any atom is 0.326 e. The van der Waals surface area contributed by atoms with Crippen LogP contribution < -0.4 is 0 Å². The Morgan fingerprint density at radius 2 is 1.81 bits per heavy atom. The Balaban J connectivity index is 1.69. The number of hydrogen-bond acceptors (Lipinski definition) is 3. The van der Waals surface area contributed by atoms with Crippen molar-refractivity contribution in [2.45, 2.75) is 52.5 Å². The summed E-state index contributed by atoms with van der Waals surface area (Å²) >= 11 is 0. The van der Waals surface area contributed by atoms with Crippen LogP contribution in [-0.4, -0.2) is 58.4 Å². The van der Waals surface area contributed by atoms with E-state index in [9.17, 15) is 19.5 Å². The third-order valence-electron chi connectivity index (χ3n) is 6.25. The van der Waals surface area contributed by atoms with Crippen LogP contribution in [0.1, 0.15) is 54.1 Å². The molecule has 1 spiro atoms. The molecule has 1 N–H and O–H groups in total. The average molecular weight is 372 g/mol. The first-order valence-electron chi connectivity index (χ1n) is 9.61. The number of aliphatic carboxylic acids is 1. The predicted molar refractivity (Wildman–Crippen MR) is 102 cm³/mol. The third-order valence-corrected chi connectivity index (χ3v) is 6.25. The number of benzene rings is 1. The molecule has 2 heterocycles. The summed E-state index contributed by atoms with van der Waals surface area (Å²) in [6.45, 7) is 7.28. The average Bonchev–Trinajstić information content (AvgIpc) is 2.65. The molecule has 3 rings (SSSR count). The van der Waals surface area contributed by atoms with Crippen molar-refractivity contribution in [3.05, 3.63) is 34.9 Å². The van der Waals surface area contributed by atoms with Crippen molar-refractivity contribution in [3.8, 4) is 0 Å². The van der Waals surface area contributed by atoms with Crippen LogP contribution in [0, 0.1) is 19.3 Å². The Hall–Kier alpha value is -2.37. The maximum absolute atomic E-state index is 12.9. The molecule has 6 heteroatoms. The molecule has 1 atom stereocenters. The van der Waals surface area contributed by atoms with Crippen molar-refractivity contribution in [2.75, 3.05) is 19.6 Å². The summed E-state index contributed by atoms with van der Waals surface area (Å²) in [6, 6.07) is 5.13. The van der Waals surface area contributed by atoms with E-state index in [4.69, 9.17) is 0 Å². The summed E-state index contributed by atoms with van der Waals surface area (Å²) in [5.74, 6) is -0.985. The lowest BCUT2D eigenvalue weighted by molar-refractivity contribution is -0.154. The van der Waals surface area contributed by atoms with Gasteiger partial charge < -0.3 is 14.9 Å². The minimum atomic E-state index is -0.970. The van der Waals surface area contributed by atoms with E-state index in [0.717, 1.165) is 36.0 Å². The van der Waals surface area contributed by atoms with Crippen LogP contribution in [0.25, 0.3) is 0 Å². The predicted octanol–water partition coefficient (Wildman–Crippen LogP) is 2.62. The number of carbonyl (C=O) groups excluding carboxylic acids is 2. The second-order valence-corrected chi connectivity index (χ2v) is 8.15. The van der Waals surface area contributed by atoms with Gasteiger partial charge in [0.15, 0.2) is 0 Å². The van der Waals surface area contributed by atoms with Crippen molar-refractivity contribution in [3.63, 3.8) is 0 Å². The third kappa shape index (κ3) is 3.84. The van der Waals surface area contributed by atoms with Gasteiger partial charge in [-0.2, -0.15) is 0 Å². The van der Waals surface area contributed by atoms with E-state index in [1.807, 2.05) is 36.9 Å². The molecule has 0 aliphatic carbocycles. The highest BCUT2D eigenvalue weighted by Gasteiger charge is 2.44. The van der Waals surface area contributed by atoms with Crippen molar-refractivity contribution in [2.24, 2.45) is 5.41 Å². The molecule has 27 heavy (non-hydrogen) atoms. The molecule has 0 unspecified atom stereocenters. The topological polar surface area (TPSA) is 77.9 Å². The zero-order valence-electron chi connectivity index (χ0n) is 16.3. The summed E-state index contributed by atoms with van der Waals surface area (Å²) in [4.78, 5) is 39.9. The quantitative estimate of drug-likeness (QED) is 0.885. The van der Waals surface area contributed by atoms with Gasteiger partial charge in [0.2, 0.25) is 5.91 Å². The zero-order chi connectivity index (χ0) is 19.8. The van der Waals surface area contributed by atoms with Gasteiger partial charge in [0, 0.05) is 31.6 Å². The zero-order valence-corrected chi connectivity index (χ0v) is 16.3. The van der Waals surface area contributed by atoms with Gasteiger partial charge in [-0.25, -0.2) is 4.79 Å². The molecule has 2 amide bonds. The van der Waals surface area contributed by atoms with Crippen LogP contribution >= 0.6 is 0 Å². The van der Waals surface area contributed by atoms with E-state index in [2.05, 4.69) is 0 Å². The Bertz CT molecular complexity index is 765. The molecule has 6 nitrogen and oxygen atoms in total. The number of aryl methyl sites for hydroxylation is 2. The molecule has 2 aliphatic heterocycles. The van der Waals surface area contributed by atoms with E-state index in [-0.39, 0.29) is 17.2 Å². The van der Waals surface area contributed by atoms with E-state index in [0.29, 0.717) is 26.1 Å². The lowest BCUT2D eigenvalue weighted by atomic mass is 9.72. The van der Waals surface area contributed by atoms with Gasteiger partial charge in [-0.15, -0.1) is 0 Å². The normalized spacial score (nSPS) is 20.6. The van der Waals surface area contributed by atoms with Gasteiger partial charge in [0.25, 0.3) is 5.91 Å². The Labute approximate surface area is 160 Å². The highest BCUT2D eigenvalue weighted by atomic mass is 16.4. The lowest BCUT2D eigenvalue weighted by Crippen LogP contribution is -2.55. The molecule has 0 saturated carbocycles. The molecule has 0 radical (unpaired) electrons. The second-order valence-electron chi connectivity index (χ2n) is 8.15. The molecule has 1 aromatic rings. The fraction of sp³-hybridized carbons (Fsp3) is 0.571. The first-order valence-corrected chi connectivity index (χ1v) is 9.61. The molecule has 1 aromatic carbocycles. The Morgan fingerprint density at radius 1 is 1.15 bits per heavy atom. The van der Waals surface area contributed by atoms with Crippen LogP contribution in [0.2, 0.25) is 0 Å². The molecular formula is C21H28N2O4. The standard InChI is InChI=1S/C21H28N2O4/c1-14-4-5-15(2)17(12-14)19(25)22-10-8-21(9-11-22)7-6-18(24)23(13-21)16(3)20(26)27/h4-5,12,16H,6-11,13H2,1-3H3,(H,26,27)/t16-/m1/s1. The van der Waals surface area contributed by atoms with Crippen molar-refractivity contribution in [1.29, 1.82) is 0 Å². The summed E-state index contributed by atoms with van der Waals surface area (Å²) < 4.78 is 0. The van der Waals surface area contributed by atoms with Gasteiger partial charge in [-0.05, 0) is 57.1 Å². The van der Waals surface area contributed by atoms with Crippen molar-refractivity contribution >= 4 is 17.8 Å². The Kier molecular flexibility index (Phi) is 5.27. The first kappa shape index (κ1) is 19.4. The van der Waals surface area contributed by atoms with Crippen molar-refractivity contribution in [1.82, 2.24) is 9.80 Å². The van der Waals surface area contributed by atoms with Crippen LogP contribution in [0.5, 0.6) is 0 Å². The fourth-order valence-corrected chi connectivity index (χ4v) is 4.26. The SMILES string of the molecule is Cc1ccc(C)c(C(=O)N2CCC3(CCC(=O)N([C@H](C)C(=O)O)C3)CC2)c1. The van der Waals surface area contributed by atoms with E-state index in [1.165, 1.54) is 4.90 Å². The number of carboxylic acids is 1. The second kappa shape index (κ2) is 7.33. The maximum atomic E-state index is 12.9. The minimum absolute atomic E-state index is 0.0636. The molecule has 146 valence electrons. The van der Waals surface area contributed by atoms with Crippen LogP contribution in [-0.2, 0) is 9.59 Å². The highest BCUT2D eigenvalue weighted by Crippen LogP contribution is 2.41.